The fourth-order valence-electron chi connectivity index (χ4n) is 0.421. The maximum atomic E-state index is 10.9. The van der Waals surface area contributed by atoms with Crippen LogP contribution in [0.25, 0.3) is 0 Å². The second-order valence-electron chi connectivity index (χ2n) is 2.94. The molecule has 0 saturated heterocycles. The van der Waals surface area contributed by atoms with Crippen molar-refractivity contribution in [1.82, 2.24) is 5.32 Å². The molecule has 0 unspecified atom stereocenters. The van der Waals surface area contributed by atoms with E-state index in [0.29, 0.717) is 0 Å². The van der Waals surface area contributed by atoms with Crippen LogP contribution in [0.1, 0.15) is 20.8 Å². The Kier molecular flexibility index (Phi) is 3.19. The quantitative estimate of drug-likeness (QED) is 0.581. The van der Waals surface area contributed by atoms with E-state index in [4.69, 9.17) is 5.11 Å². The number of Topliss-reactive ketones (excluding diaryl/α,β-unsaturated/α-hetero) is 1. The number of ketones is 1. The molecule has 2 N–H and O–H groups in total. The normalized spacial score (nSPS) is 10.9. The summed E-state index contributed by atoms with van der Waals surface area (Å²) in [5.74, 6) is -0.671. The lowest BCUT2D eigenvalue weighted by molar-refractivity contribution is -0.137. The smallest absolute Gasteiger partial charge is 0.251 e. The van der Waals surface area contributed by atoms with Gasteiger partial charge in [0.25, 0.3) is 5.91 Å². The molecule has 0 fully saturated rings. The van der Waals surface area contributed by atoms with E-state index in [1.807, 2.05) is 0 Å². The summed E-state index contributed by atoms with van der Waals surface area (Å²) in [6.07, 6.45) is 0. The maximum absolute atomic E-state index is 10.9. The first-order chi connectivity index (χ1) is 4.84. The van der Waals surface area contributed by atoms with Gasteiger partial charge in [-0.05, 0) is 20.8 Å². The predicted octanol–water partition coefficient (Wildman–Crippen LogP) is -0.538. The fourth-order valence-corrected chi connectivity index (χ4v) is 0.421. The van der Waals surface area contributed by atoms with Crippen molar-refractivity contribution in [2.24, 2.45) is 0 Å². The van der Waals surface area contributed by atoms with Crippen LogP contribution in [-0.4, -0.2) is 28.9 Å². The minimum absolute atomic E-state index is 0.0250. The molecule has 0 aliphatic carbocycles. The third-order valence-corrected chi connectivity index (χ3v) is 1.05. The molecule has 4 heteroatoms. The van der Waals surface area contributed by atoms with E-state index in [9.17, 15) is 9.59 Å². The molecule has 0 aromatic carbocycles. The zero-order chi connectivity index (χ0) is 9.07. The molecule has 0 atom stereocenters. The van der Waals surface area contributed by atoms with Gasteiger partial charge in [0.2, 0.25) is 0 Å². The van der Waals surface area contributed by atoms with Crippen LogP contribution in [0.2, 0.25) is 0 Å². The van der Waals surface area contributed by atoms with E-state index in [-0.39, 0.29) is 12.3 Å². The number of aliphatic hydroxyl groups is 1. The molecule has 0 aliphatic heterocycles. The number of hydrogen-bond acceptors (Lipinski definition) is 3. The molecule has 0 aliphatic rings. The summed E-state index contributed by atoms with van der Waals surface area (Å²) in [6, 6.07) is 0. The molecule has 0 bridgehead atoms. The molecule has 0 radical (unpaired) electrons. The van der Waals surface area contributed by atoms with Gasteiger partial charge in [-0.25, -0.2) is 0 Å². The van der Waals surface area contributed by atoms with Gasteiger partial charge in [-0.1, -0.05) is 0 Å². The summed E-state index contributed by atoms with van der Waals surface area (Å²) in [4.78, 5) is 21.2. The summed E-state index contributed by atoms with van der Waals surface area (Å²) in [6.45, 7) is 4.07. The van der Waals surface area contributed by atoms with Crippen molar-refractivity contribution in [3.63, 3.8) is 0 Å². The Labute approximate surface area is 65.6 Å². The van der Waals surface area contributed by atoms with Crippen LogP contribution in [0.15, 0.2) is 0 Å². The van der Waals surface area contributed by atoms with E-state index in [1.54, 1.807) is 0 Å². The summed E-state index contributed by atoms with van der Waals surface area (Å²) in [7, 11) is 0. The Morgan fingerprint density at radius 3 is 2.18 bits per heavy atom. The molecule has 0 spiro atoms. The van der Waals surface area contributed by atoms with Crippen LogP contribution < -0.4 is 5.32 Å². The highest BCUT2D eigenvalue weighted by molar-refractivity contribution is 5.88. The van der Waals surface area contributed by atoms with E-state index in [0.717, 1.165) is 0 Å². The van der Waals surface area contributed by atoms with Gasteiger partial charge in [-0.3, -0.25) is 9.59 Å². The average molecular weight is 159 g/mol. The number of rotatable bonds is 3. The van der Waals surface area contributed by atoms with Gasteiger partial charge in [0, 0.05) is 0 Å². The maximum Gasteiger partial charge on any atom is 0.251 e. The molecular formula is C7H13NO3. The fraction of sp³-hybridized carbons (Fsp3) is 0.714. The van der Waals surface area contributed by atoms with E-state index < -0.39 is 11.5 Å². The third kappa shape index (κ3) is 4.50. The third-order valence-electron chi connectivity index (χ3n) is 1.05. The Bertz CT molecular complexity index is 169. The van der Waals surface area contributed by atoms with Crippen LogP contribution in [-0.2, 0) is 9.59 Å². The van der Waals surface area contributed by atoms with Crippen molar-refractivity contribution in [2.45, 2.75) is 26.4 Å². The Hall–Kier alpha value is -0.900. The van der Waals surface area contributed by atoms with E-state index >= 15 is 0 Å². The van der Waals surface area contributed by atoms with Crippen LogP contribution in [0.5, 0.6) is 0 Å². The Balaban J connectivity index is 3.80. The van der Waals surface area contributed by atoms with Crippen LogP contribution in [0, 0.1) is 0 Å². The van der Waals surface area contributed by atoms with Gasteiger partial charge >= 0.3 is 0 Å². The molecule has 0 saturated carbocycles. The Morgan fingerprint density at radius 1 is 1.45 bits per heavy atom. The second-order valence-corrected chi connectivity index (χ2v) is 2.94. The van der Waals surface area contributed by atoms with Crippen molar-refractivity contribution >= 4 is 11.7 Å². The highest BCUT2D eigenvalue weighted by Crippen LogP contribution is 1.98. The Morgan fingerprint density at radius 2 is 1.91 bits per heavy atom. The summed E-state index contributed by atoms with van der Waals surface area (Å²) in [5.41, 5.74) is -1.41. The van der Waals surface area contributed by atoms with Crippen molar-refractivity contribution in [3.8, 4) is 0 Å². The van der Waals surface area contributed by atoms with E-state index in [1.165, 1.54) is 20.8 Å². The van der Waals surface area contributed by atoms with Crippen LogP contribution >= 0.6 is 0 Å². The van der Waals surface area contributed by atoms with Crippen molar-refractivity contribution < 1.29 is 14.7 Å². The molecule has 4 nitrogen and oxygen atoms in total. The first-order valence-electron chi connectivity index (χ1n) is 3.34. The molecular weight excluding hydrogens is 146 g/mol. The molecule has 11 heavy (non-hydrogen) atoms. The van der Waals surface area contributed by atoms with Gasteiger partial charge in [-0.15, -0.1) is 0 Å². The lowest BCUT2D eigenvalue weighted by Crippen LogP contribution is -2.43. The number of hydrogen-bond donors (Lipinski definition) is 2. The van der Waals surface area contributed by atoms with Gasteiger partial charge in [0.1, 0.15) is 11.4 Å². The average Bonchev–Trinajstić information content (AvgIpc) is 1.80. The molecule has 0 aromatic rings. The number of nitrogens with one attached hydrogen (secondary N) is 1. The van der Waals surface area contributed by atoms with Crippen LogP contribution in [0.3, 0.4) is 0 Å². The molecule has 0 heterocycles. The minimum Gasteiger partial charge on any atom is -0.381 e. The summed E-state index contributed by atoms with van der Waals surface area (Å²) in [5, 5.41) is 11.4. The van der Waals surface area contributed by atoms with Crippen molar-refractivity contribution in [2.75, 3.05) is 6.54 Å². The molecule has 64 valence electrons. The second kappa shape index (κ2) is 3.48. The summed E-state index contributed by atoms with van der Waals surface area (Å²) < 4.78 is 0. The lowest BCUT2D eigenvalue weighted by Gasteiger charge is -2.15. The predicted molar refractivity (Wildman–Crippen MR) is 40.0 cm³/mol. The van der Waals surface area contributed by atoms with Crippen molar-refractivity contribution in [1.29, 1.82) is 0 Å². The van der Waals surface area contributed by atoms with Gasteiger partial charge in [-0.2, -0.15) is 0 Å². The molecule has 0 rings (SSSR count). The lowest BCUT2D eigenvalue weighted by atomic mass is 10.1. The molecule has 1 amide bonds. The molecule has 0 aromatic heterocycles. The highest BCUT2D eigenvalue weighted by Gasteiger charge is 2.23. The van der Waals surface area contributed by atoms with E-state index in [2.05, 4.69) is 5.32 Å². The number of carbonyl (C=O) groups excluding carboxylic acids is 2. The highest BCUT2D eigenvalue weighted by atomic mass is 16.3. The topological polar surface area (TPSA) is 66.4 Å². The number of carbonyl (C=O) groups is 2. The zero-order valence-corrected chi connectivity index (χ0v) is 6.97. The zero-order valence-electron chi connectivity index (χ0n) is 6.97. The first-order valence-corrected chi connectivity index (χ1v) is 3.34. The van der Waals surface area contributed by atoms with Gasteiger partial charge in [0.05, 0.1) is 6.54 Å². The minimum atomic E-state index is -1.41. The van der Waals surface area contributed by atoms with Gasteiger partial charge in [0.15, 0.2) is 0 Å². The largest absolute Gasteiger partial charge is 0.381 e. The monoisotopic (exact) mass is 159 g/mol. The number of amides is 1. The SMILES string of the molecule is CC(=O)CNC(=O)C(C)(C)O. The summed E-state index contributed by atoms with van der Waals surface area (Å²) >= 11 is 0. The standard InChI is InChI=1S/C7H13NO3/c1-5(9)4-8-6(10)7(2,3)11/h11H,4H2,1-3H3,(H,8,10). The first kappa shape index (κ1) is 10.1. The van der Waals surface area contributed by atoms with Crippen molar-refractivity contribution in [3.05, 3.63) is 0 Å². The van der Waals surface area contributed by atoms with Crippen LogP contribution in [0.4, 0.5) is 0 Å². The van der Waals surface area contributed by atoms with Gasteiger partial charge < -0.3 is 10.4 Å².